The molecule has 0 radical (unpaired) electrons. The molecule has 2 aromatic heterocycles. The average Bonchev–Trinajstić information content (AvgIpc) is 2.85. The first-order valence-corrected chi connectivity index (χ1v) is 6.13. The predicted octanol–water partition coefficient (Wildman–Crippen LogP) is 3.31. The smallest absolute Gasteiger partial charge is 0.159 e. The number of aromatic nitrogens is 3. The zero-order chi connectivity index (χ0) is 10.3. The molecule has 3 nitrogen and oxygen atoms in total. The molecular formula is C11H12BrN3. The van der Waals surface area contributed by atoms with Gasteiger partial charge in [0.25, 0.3) is 0 Å². The fourth-order valence-electron chi connectivity index (χ4n) is 2.33. The summed E-state index contributed by atoms with van der Waals surface area (Å²) in [5, 5.41) is 5.58. The Morgan fingerprint density at radius 3 is 2.93 bits per heavy atom. The third-order valence-electron chi connectivity index (χ3n) is 3.11. The molecule has 0 atom stereocenters. The van der Waals surface area contributed by atoms with Crippen molar-refractivity contribution in [2.45, 2.75) is 31.7 Å². The summed E-state index contributed by atoms with van der Waals surface area (Å²) in [6, 6.07) is 2.52. The van der Waals surface area contributed by atoms with Crippen molar-refractivity contribution in [3.63, 3.8) is 0 Å². The van der Waals surface area contributed by atoms with E-state index in [1.807, 2.05) is 18.5 Å². The number of hydrogen-bond donors (Lipinski definition) is 0. The van der Waals surface area contributed by atoms with Crippen molar-refractivity contribution in [1.82, 2.24) is 14.8 Å². The maximum Gasteiger partial charge on any atom is 0.159 e. The van der Waals surface area contributed by atoms with Crippen LogP contribution in [0.15, 0.2) is 22.9 Å². The molecule has 2 heterocycles. The number of halogens is 1. The van der Waals surface area contributed by atoms with Gasteiger partial charge in [0, 0.05) is 10.7 Å². The summed E-state index contributed by atoms with van der Waals surface area (Å²) in [7, 11) is 0. The molecule has 1 fully saturated rings. The summed E-state index contributed by atoms with van der Waals surface area (Å²) < 4.78 is 3.17. The van der Waals surface area contributed by atoms with Gasteiger partial charge >= 0.3 is 0 Å². The minimum Gasteiger partial charge on any atom is -0.244 e. The van der Waals surface area contributed by atoms with E-state index in [4.69, 9.17) is 0 Å². The summed E-state index contributed by atoms with van der Waals surface area (Å²) >= 11 is 3.53. The Labute approximate surface area is 96.6 Å². The van der Waals surface area contributed by atoms with Crippen molar-refractivity contribution in [3.05, 3.63) is 22.9 Å². The summed E-state index contributed by atoms with van der Waals surface area (Å²) in [6.07, 6.45) is 8.86. The molecule has 1 saturated carbocycles. The van der Waals surface area contributed by atoms with E-state index in [9.17, 15) is 0 Å². The van der Waals surface area contributed by atoms with Gasteiger partial charge in [-0.1, -0.05) is 12.8 Å². The highest BCUT2D eigenvalue weighted by molar-refractivity contribution is 9.10. The quantitative estimate of drug-likeness (QED) is 0.792. The predicted molar refractivity (Wildman–Crippen MR) is 62.7 cm³/mol. The molecule has 0 N–H and O–H groups in total. The highest BCUT2D eigenvalue weighted by Gasteiger charge is 2.20. The molecule has 0 amide bonds. The van der Waals surface area contributed by atoms with Crippen LogP contribution in [0.5, 0.6) is 0 Å². The molecule has 78 valence electrons. The molecule has 0 bridgehead atoms. The molecule has 3 rings (SSSR count). The van der Waals surface area contributed by atoms with Crippen molar-refractivity contribution in [2.75, 3.05) is 0 Å². The van der Waals surface area contributed by atoms with E-state index in [1.54, 1.807) is 0 Å². The van der Waals surface area contributed by atoms with Gasteiger partial charge in [0.1, 0.15) is 0 Å². The van der Waals surface area contributed by atoms with Crippen LogP contribution in [0.2, 0.25) is 0 Å². The molecule has 1 aliphatic rings. The second-order valence-corrected chi connectivity index (χ2v) is 4.91. The van der Waals surface area contributed by atoms with Gasteiger partial charge in [-0.2, -0.15) is 5.10 Å². The van der Waals surface area contributed by atoms with Crippen LogP contribution in [0, 0.1) is 0 Å². The average molecular weight is 266 g/mol. The highest BCUT2D eigenvalue weighted by atomic mass is 79.9. The lowest BCUT2D eigenvalue weighted by atomic mass is 10.2. The first-order valence-electron chi connectivity index (χ1n) is 5.34. The van der Waals surface area contributed by atoms with Gasteiger partial charge in [0.2, 0.25) is 0 Å². The summed E-state index contributed by atoms with van der Waals surface area (Å²) in [5.41, 5.74) is 1.01. The number of pyridine rings is 1. The summed E-state index contributed by atoms with van der Waals surface area (Å²) in [4.78, 5) is 4.42. The molecule has 4 heteroatoms. The van der Waals surface area contributed by atoms with Gasteiger partial charge in [0.15, 0.2) is 5.65 Å². The third-order valence-corrected chi connectivity index (χ3v) is 3.81. The van der Waals surface area contributed by atoms with Crippen LogP contribution < -0.4 is 0 Å². The highest BCUT2D eigenvalue weighted by Crippen LogP contribution is 2.32. The van der Waals surface area contributed by atoms with Crippen LogP contribution >= 0.6 is 15.9 Å². The number of nitrogens with zero attached hydrogens (tertiary/aromatic N) is 3. The van der Waals surface area contributed by atoms with Crippen LogP contribution in [0.3, 0.4) is 0 Å². The minimum absolute atomic E-state index is 0.560. The van der Waals surface area contributed by atoms with Crippen LogP contribution in [0.4, 0.5) is 0 Å². The van der Waals surface area contributed by atoms with Crippen molar-refractivity contribution in [1.29, 1.82) is 0 Å². The second-order valence-electron chi connectivity index (χ2n) is 4.06. The van der Waals surface area contributed by atoms with E-state index in [0.29, 0.717) is 6.04 Å². The van der Waals surface area contributed by atoms with E-state index >= 15 is 0 Å². The molecule has 0 spiro atoms. The fraction of sp³-hybridized carbons (Fsp3) is 0.455. The largest absolute Gasteiger partial charge is 0.244 e. The van der Waals surface area contributed by atoms with E-state index in [1.165, 1.54) is 25.7 Å². The first kappa shape index (κ1) is 9.33. The molecule has 15 heavy (non-hydrogen) atoms. The van der Waals surface area contributed by atoms with E-state index < -0.39 is 0 Å². The van der Waals surface area contributed by atoms with Crippen LogP contribution in [0.1, 0.15) is 31.7 Å². The van der Waals surface area contributed by atoms with E-state index in [2.05, 4.69) is 30.7 Å². The third kappa shape index (κ3) is 1.47. The molecule has 2 aromatic rings. The summed E-state index contributed by atoms with van der Waals surface area (Å²) in [6.45, 7) is 0. The normalized spacial score (nSPS) is 17.7. The maximum absolute atomic E-state index is 4.46. The molecule has 0 aromatic carbocycles. The van der Waals surface area contributed by atoms with Gasteiger partial charge in [0.05, 0.1) is 17.6 Å². The Morgan fingerprint density at radius 1 is 1.33 bits per heavy atom. The van der Waals surface area contributed by atoms with Gasteiger partial charge in [-0.3, -0.25) is 0 Å². The second kappa shape index (κ2) is 3.59. The summed E-state index contributed by atoms with van der Waals surface area (Å²) in [5.74, 6) is 0. The molecular weight excluding hydrogens is 254 g/mol. The monoisotopic (exact) mass is 265 g/mol. The molecule has 1 aliphatic carbocycles. The number of rotatable bonds is 1. The Hall–Kier alpha value is -0.900. The lowest BCUT2D eigenvalue weighted by Gasteiger charge is -2.10. The number of hydrogen-bond acceptors (Lipinski definition) is 2. The van der Waals surface area contributed by atoms with Gasteiger partial charge in [-0.05, 0) is 34.8 Å². The first-order chi connectivity index (χ1) is 7.36. The SMILES string of the molecule is Brc1ccnc2c1cnn2C1CCCC1. The van der Waals surface area contributed by atoms with Gasteiger partial charge in [-0.25, -0.2) is 9.67 Å². The Morgan fingerprint density at radius 2 is 2.13 bits per heavy atom. The minimum atomic E-state index is 0.560. The maximum atomic E-state index is 4.46. The lowest BCUT2D eigenvalue weighted by Crippen LogP contribution is -2.06. The van der Waals surface area contributed by atoms with E-state index in [0.717, 1.165) is 15.5 Å². The number of fused-ring (bicyclic) bond motifs is 1. The zero-order valence-corrected chi connectivity index (χ0v) is 9.94. The van der Waals surface area contributed by atoms with Crippen LogP contribution in [-0.2, 0) is 0 Å². The molecule has 0 aliphatic heterocycles. The van der Waals surface area contributed by atoms with Crippen molar-refractivity contribution < 1.29 is 0 Å². The van der Waals surface area contributed by atoms with E-state index in [-0.39, 0.29) is 0 Å². The Balaban J connectivity index is 2.15. The molecule has 0 saturated heterocycles. The zero-order valence-electron chi connectivity index (χ0n) is 8.36. The van der Waals surface area contributed by atoms with Crippen molar-refractivity contribution in [2.24, 2.45) is 0 Å². The fourth-order valence-corrected chi connectivity index (χ4v) is 2.73. The standard InChI is InChI=1S/C11H12BrN3/c12-10-5-6-13-11-9(10)7-14-15(11)8-3-1-2-4-8/h5-8H,1-4H2. The Kier molecular flexibility index (Phi) is 2.24. The molecule has 0 unspecified atom stereocenters. The Bertz CT molecular complexity index is 486. The van der Waals surface area contributed by atoms with Crippen LogP contribution in [0.25, 0.3) is 11.0 Å². The lowest BCUT2D eigenvalue weighted by molar-refractivity contribution is 0.478. The van der Waals surface area contributed by atoms with Gasteiger partial charge in [-0.15, -0.1) is 0 Å². The van der Waals surface area contributed by atoms with Crippen LogP contribution in [-0.4, -0.2) is 14.8 Å². The van der Waals surface area contributed by atoms with Crippen molar-refractivity contribution in [3.8, 4) is 0 Å². The topological polar surface area (TPSA) is 30.7 Å². The van der Waals surface area contributed by atoms with Crippen molar-refractivity contribution >= 4 is 27.0 Å². The van der Waals surface area contributed by atoms with Gasteiger partial charge < -0.3 is 0 Å².